The van der Waals surface area contributed by atoms with Crippen LogP contribution in [0, 0.1) is 17.2 Å². The monoisotopic (exact) mass is 254 g/mol. The number of hydrogen-bond donors (Lipinski definition) is 1. The molecule has 2 heterocycles. The number of aromatic nitrogens is 2. The molecule has 0 aliphatic heterocycles. The number of nitrogens with one attached hydrogen (secondary N) is 1. The Hall–Kier alpha value is -2.35. The lowest BCUT2D eigenvalue weighted by Crippen LogP contribution is -2.36. The van der Waals surface area contributed by atoms with Crippen LogP contribution in [0.1, 0.15) is 29.6 Å². The molecule has 0 bridgehead atoms. The first kappa shape index (κ1) is 11.7. The maximum absolute atomic E-state index is 12.3. The van der Waals surface area contributed by atoms with Crippen LogP contribution in [0.5, 0.6) is 0 Å². The standard InChI is InChI=1S/C14H14N4O/c15-8-10-4-3-5-12(10)17-14(19)11-9-16-18-7-2-1-6-13(11)18/h1-2,6-7,9-10,12H,3-5H2,(H,17,19). The SMILES string of the molecule is N#CC1CCCC1NC(=O)c1cnn2ccccc12. The minimum Gasteiger partial charge on any atom is -0.348 e. The lowest BCUT2D eigenvalue weighted by atomic mass is 10.1. The summed E-state index contributed by atoms with van der Waals surface area (Å²) in [5.41, 5.74) is 1.34. The number of carbonyl (C=O) groups excluding carboxylic acids is 1. The van der Waals surface area contributed by atoms with E-state index in [2.05, 4.69) is 16.5 Å². The summed E-state index contributed by atoms with van der Waals surface area (Å²) in [6.07, 6.45) is 6.12. The van der Waals surface area contributed by atoms with E-state index < -0.39 is 0 Å². The highest BCUT2D eigenvalue weighted by molar-refractivity contribution is 6.00. The van der Waals surface area contributed by atoms with E-state index in [1.54, 1.807) is 16.9 Å². The molecule has 2 atom stereocenters. The zero-order valence-electron chi connectivity index (χ0n) is 10.4. The van der Waals surface area contributed by atoms with E-state index in [0.717, 1.165) is 24.8 Å². The minimum atomic E-state index is -0.145. The van der Waals surface area contributed by atoms with E-state index in [1.807, 2.05) is 18.2 Å². The predicted molar refractivity (Wildman–Crippen MR) is 69.4 cm³/mol. The summed E-state index contributed by atoms with van der Waals surface area (Å²) in [5.74, 6) is -0.209. The molecular weight excluding hydrogens is 240 g/mol. The van der Waals surface area contributed by atoms with Gasteiger partial charge in [-0.2, -0.15) is 10.4 Å². The van der Waals surface area contributed by atoms with Gasteiger partial charge in [-0.1, -0.05) is 6.07 Å². The number of hydrogen-bond acceptors (Lipinski definition) is 3. The Labute approximate surface area is 110 Å². The molecule has 0 aromatic carbocycles. The highest BCUT2D eigenvalue weighted by Gasteiger charge is 2.29. The van der Waals surface area contributed by atoms with E-state index in [1.165, 1.54) is 0 Å². The van der Waals surface area contributed by atoms with E-state index in [-0.39, 0.29) is 17.9 Å². The number of pyridine rings is 1. The van der Waals surface area contributed by atoms with Crippen molar-refractivity contribution >= 4 is 11.4 Å². The molecule has 5 heteroatoms. The molecule has 1 N–H and O–H groups in total. The van der Waals surface area contributed by atoms with Gasteiger partial charge in [0.15, 0.2) is 0 Å². The fourth-order valence-corrected chi connectivity index (χ4v) is 2.64. The van der Waals surface area contributed by atoms with Crippen LogP contribution < -0.4 is 5.32 Å². The predicted octanol–water partition coefficient (Wildman–Crippen LogP) is 1.76. The summed E-state index contributed by atoms with van der Waals surface area (Å²) >= 11 is 0. The zero-order chi connectivity index (χ0) is 13.2. The Bertz CT molecular complexity index is 655. The average Bonchev–Trinajstić information content (AvgIpc) is 3.04. The van der Waals surface area contributed by atoms with Gasteiger partial charge in [-0.05, 0) is 31.4 Å². The van der Waals surface area contributed by atoms with Gasteiger partial charge in [0.1, 0.15) is 0 Å². The Kier molecular flexibility index (Phi) is 2.92. The molecule has 1 saturated carbocycles. The Morgan fingerprint density at radius 3 is 3.21 bits per heavy atom. The normalized spacial score (nSPS) is 22.3. The van der Waals surface area contributed by atoms with E-state index in [9.17, 15) is 4.79 Å². The molecule has 96 valence electrons. The minimum absolute atomic E-state index is 0.0313. The topological polar surface area (TPSA) is 70.2 Å². The fourth-order valence-electron chi connectivity index (χ4n) is 2.64. The first-order chi connectivity index (χ1) is 9.29. The number of nitrogens with zero attached hydrogens (tertiary/aromatic N) is 3. The number of nitriles is 1. The molecule has 2 unspecified atom stereocenters. The fraction of sp³-hybridized carbons (Fsp3) is 0.357. The molecule has 2 aromatic heterocycles. The van der Waals surface area contributed by atoms with Crippen LogP contribution >= 0.6 is 0 Å². The molecule has 0 radical (unpaired) electrons. The van der Waals surface area contributed by atoms with Gasteiger partial charge < -0.3 is 5.32 Å². The summed E-state index contributed by atoms with van der Waals surface area (Å²) in [4.78, 5) is 12.3. The van der Waals surface area contributed by atoms with Crippen LogP contribution in [0.2, 0.25) is 0 Å². The average molecular weight is 254 g/mol. The molecule has 1 amide bonds. The van der Waals surface area contributed by atoms with Gasteiger partial charge in [-0.25, -0.2) is 4.52 Å². The van der Waals surface area contributed by atoms with Crippen LogP contribution in [0.4, 0.5) is 0 Å². The highest BCUT2D eigenvalue weighted by atomic mass is 16.1. The number of amides is 1. The van der Waals surface area contributed by atoms with Gasteiger partial charge >= 0.3 is 0 Å². The quantitative estimate of drug-likeness (QED) is 0.887. The van der Waals surface area contributed by atoms with Crippen molar-refractivity contribution in [2.24, 2.45) is 5.92 Å². The lowest BCUT2D eigenvalue weighted by molar-refractivity contribution is 0.0934. The molecule has 3 rings (SSSR count). The van der Waals surface area contributed by atoms with Gasteiger partial charge in [0, 0.05) is 12.2 Å². The number of rotatable bonds is 2. The van der Waals surface area contributed by atoms with Crippen LogP contribution in [-0.2, 0) is 0 Å². The van der Waals surface area contributed by atoms with Crippen molar-refractivity contribution < 1.29 is 4.79 Å². The largest absolute Gasteiger partial charge is 0.348 e. The van der Waals surface area contributed by atoms with Crippen molar-refractivity contribution in [3.8, 4) is 6.07 Å². The second-order valence-electron chi connectivity index (χ2n) is 4.84. The van der Waals surface area contributed by atoms with E-state index in [4.69, 9.17) is 5.26 Å². The second-order valence-corrected chi connectivity index (χ2v) is 4.84. The maximum atomic E-state index is 12.3. The van der Waals surface area contributed by atoms with Crippen molar-refractivity contribution in [2.75, 3.05) is 0 Å². The Balaban J connectivity index is 1.83. The molecule has 0 saturated heterocycles. The van der Waals surface area contributed by atoms with Crippen LogP contribution in [0.15, 0.2) is 30.6 Å². The summed E-state index contributed by atoms with van der Waals surface area (Å²) in [7, 11) is 0. The van der Waals surface area contributed by atoms with Crippen molar-refractivity contribution in [2.45, 2.75) is 25.3 Å². The Morgan fingerprint density at radius 1 is 1.47 bits per heavy atom. The summed E-state index contributed by atoms with van der Waals surface area (Å²) in [6.45, 7) is 0. The molecule has 0 spiro atoms. The highest BCUT2D eigenvalue weighted by Crippen LogP contribution is 2.25. The molecule has 5 nitrogen and oxygen atoms in total. The van der Waals surface area contributed by atoms with Gasteiger partial charge in [-0.3, -0.25) is 4.79 Å². The third-order valence-electron chi connectivity index (χ3n) is 3.67. The van der Waals surface area contributed by atoms with Crippen LogP contribution in [0.3, 0.4) is 0 Å². The molecule has 1 aliphatic carbocycles. The zero-order valence-corrected chi connectivity index (χ0v) is 10.4. The van der Waals surface area contributed by atoms with E-state index >= 15 is 0 Å². The molecule has 19 heavy (non-hydrogen) atoms. The van der Waals surface area contributed by atoms with Crippen molar-refractivity contribution in [1.29, 1.82) is 5.26 Å². The number of carbonyl (C=O) groups is 1. The van der Waals surface area contributed by atoms with Crippen molar-refractivity contribution in [3.63, 3.8) is 0 Å². The molecule has 1 fully saturated rings. The Morgan fingerprint density at radius 2 is 2.37 bits per heavy atom. The maximum Gasteiger partial charge on any atom is 0.255 e. The van der Waals surface area contributed by atoms with Crippen LogP contribution in [0.25, 0.3) is 5.52 Å². The van der Waals surface area contributed by atoms with Crippen LogP contribution in [-0.4, -0.2) is 21.6 Å². The van der Waals surface area contributed by atoms with Crippen molar-refractivity contribution in [3.05, 3.63) is 36.2 Å². The molecule has 1 aliphatic rings. The number of fused-ring (bicyclic) bond motifs is 1. The van der Waals surface area contributed by atoms with Gasteiger partial charge in [0.2, 0.25) is 0 Å². The second kappa shape index (κ2) is 4.73. The van der Waals surface area contributed by atoms with Gasteiger partial charge in [0.05, 0.1) is 29.3 Å². The van der Waals surface area contributed by atoms with Crippen molar-refractivity contribution in [1.82, 2.24) is 14.9 Å². The third kappa shape index (κ3) is 2.06. The summed E-state index contributed by atoms with van der Waals surface area (Å²) in [6, 6.07) is 7.84. The molecular formula is C14H14N4O. The van der Waals surface area contributed by atoms with Gasteiger partial charge in [0.25, 0.3) is 5.91 Å². The molecule has 2 aromatic rings. The smallest absolute Gasteiger partial charge is 0.255 e. The van der Waals surface area contributed by atoms with E-state index in [0.29, 0.717) is 5.56 Å². The third-order valence-corrected chi connectivity index (χ3v) is 3.67. The first-order valence-corrected chi connectivity index (χ1v) is 6.42. The summed E-state index contributed by atoms with van der Waals surface area (Å²) in [5, 5.41) is 16.1. The van der Waals surface area contributed by atoms with Gasteiger partial charge in [-0.15, -0.1) is 0 Å². The summed E-state index contributed by atoms with van der Waals surface area (Å²) < 4.78 is 1.67. The first-order valence-electron chi connectivity index (χ1n) is 6.42. The lowest BCUT2D eigenvalue weighted by Gasteiger charge is -2.14.